The number of aliphatic hydroxyl groups is 1. The molecule has 0 aliphatic heterocycles. The number of halogens is 2. The highest BCUT2D eigenvalue weighted by atomic mass is 19.3. The van der Waals surface area contributed by atoms with Crippen LogP contribution in [0.25, 0.3) is 0 Å². The lowest BCUT2D eigenvalue weighted by Gasteiger charge is -2.18. The van der Waals surface area contributed by atoms with Crippen molar-refractivity contribution in [3.05, 3.63) is 46.7 Å². The fourth-order valence-electron chi connectivity index (χ4n) is 2.00. The van der Waals surface area contributed by atoms with Gasteiger partial charge < -0.3 is 5.11 Å². The van der Waals surface area contributed by atoms with Crippen molar-refractivity contribution in [3.63, 3.8) is 0 Å². The molecule has 0 atom stereocenters. The largest absolute Gasteiger partial charge is 0.512 e. The molecule has 0 aromatic heterocycles. The van der Waals surface area contributed by atoms with Crippen molar-refractivity contribution in [2.45, 2.75) is 38.5 Å². The van der Waals surface area contributed by atoms with Gasteiger partial charge in [-0.25, -0.2) is 0 Å². The lowest BCUT2D eigenvalue weighted by molar-refractivity contribution is -0.141. The first-order valence-corrected chi connectivity index (χ1v) is 6.29. The minimum atomic E-state index is -3.44. The zero-order chi connectivity index (χ0) is 14.0. The summed E-state index contributed by atoms with van der Waals surface area (Å²) in [6.07, 6.45) is 3.31. The van der Waals surface area contributed by atoms with Gasteiger partial charge in [0, 0.05) is 18.9 Å². The SMILES string of the molecule is CC(=O)C(F)(F)c1ccc(CC(O)=C2CCC2)cc1. The zero-order valence-corrected chi connectivity index (χ0v) is 10.7. The molecule has 19 heavy (non-hydrogen) atoms. The summed E-state index contributed by atoms with van der Waals surface area (Å²) in [6, 6.07) is 5.55. The van der Waals surface area contributed by atoms with Gasteiger partial charge in [-0.05, 0) is 30.4 Å². The van der Waals surface area contributed by atoms with Crippen molar-refractivity contribution in [1.29, 1.82) is 0 Å². The number of allylic oxidation sites excluding steroid dienone is 2. The summed E-state index contributed by atoms with van der Waals surface area (Å²) in [7, 11) is 0. The van der Waals surface area contributed by atoms with Crippen molar-refractivity contribution in [1.82, 2.24) is 0 Å². The minimum absolute atomic E-state index is 0.306. The molecule has 1 aromatic rings. The van der Waals surface area contributed by atoms with Crippen molar-refractivity contribution < 1.29 is 18.7 Å². The van der Waals surface area contributed by atoms with Crippen LogP contribution in [0.1, 0.15) is 37.3 Å². The third kappa shape index (κ3) is 2.83. The Balaban J connectivity index is 2.13. The zero-order valence-electron chi connectivity index (χ0n) is 10.7. The van der Waals surface area contributed by atoms with Gasteiger partial charge >= 0.3 is 5.92 Å². The second kappa shape index (κ2) is 5.11. The Kier molecular flexibility index (Phi) is 3.69. The maximum absolute atomic E-state index is 13.5. The molecule has 4 heteroatoms. The number of ketones is 1. The predicted molar refractivity (Wildman–Crippen MR) is 68.2 cm³/mol. The summed E-state index contributed by atoms with van der Waals surface area (Å²) in [5, 5.41) is 9.82. The van der Waals surface area contributed by atoms with Crippen LogP contribution in [0.2, 0.25) is 0 Å². The van der Waals surface area contributed by atoms with Crippen molar-refractivity contribution in [3.8, 4) is 0 Å². The Morgan fingerprint density at radius 2 is 1.84 bits per heavy atom. The van der Waals surface area contributed by atoms with Gasteiger partial charge in [-0.15, -0.1) is 0 Å². The molecule has 1 fully saturated rings. The van der Waals surface area contributed by atoms with E-state index in [4.69, 9.17) is 0 Å². The monoisotopic (exact) mass is 266 g/mol. The first-order valence-electron chi connectivity index (χ1n) is 6.29. The molecule has 1 N–H and O–H groups in total. The molecule has 1 aliphatic rings. The Morgan fingerprint density at radius 1 is 1.26 bits per heavy atom. The van der Waals surface area contributed by atoms with Crippen LogP contribution in [0.3, 0.4) is 0 Å². The van der Waals surface area contributed by atoms with E-state index in [9.17, 15) is 18.7 Å². The molecule has 0 spiro atoms. The third-order valence-corrected chi connectivity index (χ3v) is 3.50. The number of benzene rings is 1. The Hall–Kier alpha value is -1.71. The second-order valence-electron chi connectivity index (χ2n) is 4.91. The van der Waals surface area contributed by atoms with Crippen LogP contribution in [0, 0.1) is 0 Å². The van der Waals surface area contributed by atoms with E-state index in [1.165, 1.54) is 24.3 Å². The number of aliphatic hydroxyl groups excluding tert-OH is 1. The number of hydrogen-bond acceptors (Lipinski definition) is 2. The molecule has 0 heterocycles. The summed E-state index contributed by atoms with van der Waals surface area (Å²) in [4.78, 5) is 10.9. The standard InChI is InChI=1S/C15H16F2O2/c1-10(18)15(16,17)13-7-5-11(6-8-13)9-14(19)12-3-2-4-12/h5-8,19H,2-4,9H2,1H3. The molecule has 2 rings (SSSR count). The first kappa shape index (κ1) is 13.7. The molecule has 0 amide bonds. The number of alkyl halides is 2. The van der Waals surface area contributed by atoms with E-state index in [-0.39, 0.29) is 5.56 Å². The number of rotatable bonds is 4. The molecule has 1 saturated carbocycles. The van der Waals surface area contributed by atoms with Crippen molar-refractivity contribution >= 4 is 5.78 Å². The van der Waals surface area contributed by atoms with Gasteiger partial charge in [-0.1, -0.05) is 24.3 Å². The van der Waals surface area contributed by atoms with Crippen LogP contribution in [-0.2, 0) is 17.1 Å². The van der Waals surface area contributed by atoms with Crippen LogP contribution >= 0.6 is 0 Å². The van der Waals surface area contributed by atoms with Gasteiger partial charge in [0.05, 0.1) is 5.76 Å². The van der Waals surface area contributed by atoms with E-state index in [0.29, 0.717) is 12.2 Å². The normalized spacial score (nSPS) is 15.0. The lowest BCUT2D eigenvalue weighted by atomic mass is 9.89. The lowest BCUT2D eigenvalue weighted by Crippen LogP contribution is -2.22. The number of carbonyl (C=O) groups excluding carboxylic acids is 1. The highest BCUT2D eigenvalue weighted by Crippen LogP contribution is 2.31. The van der Waals surface area contributed by atoms with Crippen LogP contribution in [0.4, 0.5) is 8.78 Å². The maximum atomic E-state index is 13.5. The Labute approximate surface area is 110 Å². The topological polar surface area (TPSA) is 37.3 Å². The van der Waals surface area contributed by atoms with Crippen LogP contribution in [0.5, 0.6) is 0 Å². The van der Waals surface area contributed by atoms with Gasteiger partial charge in [0.25, 0.3) is 0 Å². The summed E-state index contributed by atoms with van der Waals surface area (Å²) in [6.45, 7) is 0.876. The summed E-state index contributed by atoms with van der Waals surface area (Å²) < 4.78 is 26.9. The van der Waals surface area contributed by atoms with Gasteiger partial charge in [0.1, 0.15) is 0 Å². The molecule has 0 bridgehead atoms. The Morgan fingerprint density at radius 3 is 2.26 bits per heavy atom. The fourth-order valence-corrected chi connectivity index (χ4v) is 2.00. The number of carbonyl (C=O) groups is 1. The molecule has 102 valence electrons. The van der Waals surface area contributed by atoms with E-state index >= 15 is 0 Å². The van der Waals surface area contributed by atoms with Gasteiger partial charge in [0.15, 0.2) is 0 Å². The smallest absolute Gasteiger partial charge is 0.330 e. The van der Waals surface area contributed by atoms with Crippen LogP contribution in [0.15, 0.2) is 35.6 Å². The van der Waals surface area contributed by atoms with E-state index in [1.807, 2.05) is 0 Å². The van der Waals surface area contributed by atoms with E-state index < -0.39 is 11.7 Å². The van der Waals surface area contributed by atoms with Gasteiger partial charge in [0.2, 0.25) is 5.78 Å². The summed E-state index contributed by atoms with van der Waals surface area (Å²) in [5.74, 6) is -4.26. The average Bonchev–Trinajstić information content (AvgIpc) is 2.27. The minimum Gasteiger partial charge on any atom is -0.512 e. The maximum Gasteiger partial charge on any atom is 0.330 e. The molecule has 1 aromatic carbocycles. The summed E-state index contributed by atoms with van der Waals surface area (Å²) in [5.41, 5.74) is 1.51. The molecule has 0 radical (unpaired) electrons. The molecule has 2 nitrogen and oxygen atoms in total. The van der Waals surface area contributed by atoms with Gasteiger partial charge in [-0.3, -0.25) is 4.79 Å². The highest BCUT2D eigenvalue weighted by molar-refractivity contribution is 5.84. The van der Waals surface area contributed by atoms with Gasteiger partial charge in [-0.2, -0.15) is 8.78 Å². The molecular formula is C15H16F2O2. The van der Waals surface area contributed by atoms with Crippen molar-refractivity contribution in [2.24, 2.45) is 0 Å². The first-order chi connectivity index (χ1) is 8.91. The van der Waals surface area contributed by atoms with Crippen LogP contribution in [-0.4, -0.2) is 10.9 Å². The molecule has 0 saturated heterocycles. The third-order valence-electron chi connectivity index (χ3n) is 3.50. The average molecular weight is 266 g/mol. The Bertz CT molecular complexity index is 509. The quantitative estimate of drug-likeness (QED) is 0.839. The van der Waals surface area contributed by atoms with E-state index in [2.05, 4.69) is 0 Å². The second-order valence-corrected chi connectivity index (χ2v) is 4.91. The highest BCUT2D eigenvalue weighted by Gasteiger charge is 2.37. The van der Waals surface area contributed by atoms with Crippen molar-refractivity contribution in [2.75, 3.05) is 0 Å². The number of hydrogen-bond donors (Lipinski definition) is 1. The summed E-state index contributed by atoms with van der Waals surface area (Å²) >= 11 is 0. The molecule has 0 unspecified atom stereocenters. The fraction of sp³-hybridized carbons (Fsp3) is 0.400. The molecular weight excluding hydrogens is 250 g/mol. The number of Topliss-reactive ketones (excluding diaryl/α,β-unsaturated/α-hetero) is 1. The van der Waals surface area contributed by atoms with E-state index in [0.717, 1.165) is 37.3 Å². The van der Waals surface area contributed by atoms with Crippen LogP contribution < -0.4 is 0 Å². The predicted octanol–water partition coefficient (Wildman–Crippen LogP) is 3.91. The molecule has 1 aliphatic carbocycles. The van der Waals surface area contributed by atoms with E-state index in [1.54, 1.807) is 0 Å².